The summed E-state index contributed by atoms with van der Waals surface area (Å²) in [6.07, 6.45) is 2.08. The number of aryl methyl sites for hydroxylation is 1. The fourth-order valence-electron chi connectivity index (χ4n) is 4.62. The van der Waals surface area contributed by atoms with Crippen molar-refractivity contribution in [3.63, 3.8) is 0 Å². The second-order valence-electron chi connectivity index (χ2n) is 11.0. The molecule has 0 saturated carbocycles. The van der Waals surface area contributed by atoms with Gasteiger partial charge >= 0.3 is 0 Å². The van der Waals surface area contributed by atoms with E-state index in [-0.39, 0.29) is 30.7 Å². The van der Waals surface area contributed by atoms with E-state index < -0.39 is 23.6 Å². The molecule has 0 radical (unpaired) electrons. The van der Waals surface area contributed by atoms with Crippen LogP contribution in [0.15, 0.2) is 29.8 Å². The van der Waals surface area contributed by atoms with E-state index in [1.54, 1.807) is 11.3 Å². The van der Waals surface area contributed by atoms with Crippen LogP contribution in [0.1, 0.15) is 64.1 Å². The number of unbranched alkanes of at least 4 members (excludes halogenated alkanes) is 2. The Morgan fingerprint density at radius 1 is 1.18 bits per heavy atom. The van der Waals surface area contributed by atoms with E-state index in [1.165, 1.54) is 4.90 Å². The highest BCUT2D eigenvalue weighted by molar-refractivity contribution is 7.13. The van der Waals surface area contributed by atoms with Gasteiger partial charge in [-0.25, -0.2) is 4.98 Å². The number of rotatable bonds is 11. The molecule has 1 aliphatic rings. The zero-order valence-corrected chi connectivity index (χ0v) is 23.6. The summed E-state index contributed by atoms with van der Waals surface area (Å²) in [5.41, 5.74) is 9.75. The molecule has 1 aromatic carbocycles. The maximum atomic E-state index is 13.6. The van der Waals surface area contributed by atoms with Crippen molar-refractivity contribution < 1.29 is 19.5 Å². The number of β-amino-alcohol motifs (C(OH)–C–C–N with tert-alkyl or cyclic N) is 1. The van der Waals surface area contributed by atoms with Gasteiger partial charge in [0, 0.05) is 25.9 Å². The summed E-state index contributed by atoms with van der Waals surface area (Å²) in [5, 5.41) is 16.2. The van der Waals surface area contributed by atoms with Crippen LogP contribution in [-0.4, -0.2) is 64.0 Å². The number of amides is 3. The Balaban J connectivity index is 1.63. The summed E-state index contributed by atoms with van der Waals surface area (Å²) >= 11 is 1.59. The summed E-state index contributed by atoms with van der Waals surface area (Å²) in [5.74, 6) is -0.875. The number of nitrogens with one attached hydrogen (secondary N) is 2. The number of likely N-dealkylation sites (tertiary alicyclic amines) is 1. The lowest BCUT2D eigenvalue weighted by Gasteiger charge is -2.35. The van der Waals surface area contributed by atoms with Crippen molar-refractivity contribution in [3.05, 3.63) is 41.0 Å². The molecule has 3 amide bonds. The lowest BCUT2D eigenvalue weighted by atomic mass is 9.85. The number of nitrogens with two attached hydrogens (primary N) is 1. The zero-order chi connectivity index (χ0) is 27.9. The molecule has 2 unspecified atom stereocenters. The van der Waals surface area contributed by atoms with Crippen LogP contribution in [0.25, 0.3) is 10.4 Å². The zero-order valence-electron chi connectivity index (χ0n) is 22.8. The van der Waals surface area contributed by atoms with Crippen LogP contribution >= 0.6 is 11.3 Å². The molecule has 1 aromatic heterocycles. The molecular weight excluding hydrogens is 502 g/mol. The Kier molecular flexibility index (Phi) is 10.4. The van der Waals surface area contributed by atoms with Crippen LogP contribution in [0.4, 0.5) is 0 Å². The van der Waals surface area contributed by atoms with Gasteiger partial charge in [-0.1, -0.05) is 51.5 Å². The number of thiazole rings is 1. The summed E-state index contributed by atoms with van der Waals surface area (Å²) in [6.45, 7) is 8.55. The first kappa shape index (κ1) is 29.7. The Morgan fingerprint density at radius 3 is 2.50 bits per heavy atom. The Labute approximate surface area is 229 Å². The number of aromatic nitrogens is 1. The SMILES string of the molecule is Cc1ncsc1-c1ccc(CNC(=O)C2CC(O)CN2C(=O)[C@@H](NC(=O)CCCCCN)C(C)(C)C)cc1. The van der Waals surface area contributed by atoms with Gasteiger partial charge < -0.3 is 26.4 Å². The van der Waals surface area contributed by atoms with Crippen molar-refractivity contribution >= 4 is 29.1 Å². The third-order valence-electron chi connectivity index (χ3n) is 6.82. The molecule has 1 aliphatic heterocycles. The number of aliphatic hydroxyl groups excluding tert-OH is 1. The van der Waals surface area contributed by atoms with Gasteiger partial charge in [0.25, 0.3) is 0 Å². The highest BCUT2D eigenvalue weighted by atomic mass is 32.1. The van der Waals surface area contributed by atoms with Gasteiger partial charge in [-0.2, -0.15) is 0 Å². The number of nitrogens with zero attached hydrogens (tertiary/aromatic N) is 2. The van der Waals surface area contributed by atoms with Gasteiger partial charge in [0.2, 0.25) is 17.7 Å². The van der Waals surface area contributed by atoms with E-state index >= 15 is 0 Å². The van der Waals surface area contributed by atoms with Crippen molar-refractivity contribution in [2.45, 2.75) is 84.5 Å². The second-order valence-corrected chi connectivity index (χ2v) is 11.9. The Bertz CT molecular complexity index is 1100. The first-order valence-electron chi connectivity index (χ1n) is 13.3. The standard InChI is InChI=1S/C28H41N5O4S/c1-18-24(38-17-31-18)20-11-9-19(10-12-20)15-30-26(36)22-14-21(34)16-33(22)27(37)25(28(2,3)4)32-23(35)8-6-5-7-13-29/h9-12,17,21-22,25,34H,5-8,13-16,29H2,1-4H3,(H,30,36)(H,32,35)/t21?,22?,25-/m1/s1. The highest BCUT2D eigenvalue weighted by Gasteiger charge is 2.44. The van der Waals surface area contributed by atoms with Crippen molar-refractivity contribution in [1.82, 2.24) is 20.5 Å². The quantitative estimate of drug-likeness (QED) is 0.322. The fraction of sp³-hybridized carbons (Fsp3) is 0.571. The van der Waals surface area contributed by atoms with E-state index in [9.17, 15) is 19.5 Å². The molecule has 1 fully saturated rings. The smallest absolute Gasteiger partial charge is 0.246 e. The van der Waals surface area contributed by atoms with Gasteiger partial charge in [-0.3, -0.25) is 14.4 Å². The van der Waals surface area contributed by atoms with Crippen LogP contribution < -0.4 is 16.4 Å². The van der Waals surface area contributed by atoms with Crippen LogP contribution in [0.5, 0.6) is 0 Å². The van der Waals surface area contributed by atoms with Crippen molar-refractivity contribution in [3.8, 4) is 10.4 Å². The molecule has 2 aromatic rings. The Morgan fingerprint density at radius 2 is 1.89 bits per heavy atom. The normalized spacial score (nSPS) is 18.3. The maximum Gasteiger partial charge on any atom is 0.246 e. The van der Waals surface area contributed by atoms with Gasteiger partial charge in [-0.05, 0) is 42.9 Å². The topological polar surface area (TPSA) is 138 Å². The van der Waals surface area contributed by atoms with Gasteiger partial charge in [0.05, 0.1) is 22.2 Å². The van der Waals surface area contributed by atoms with Gasteiger partial charge in [-0.15, -0.1) is 11.3 Å². The first-order valence-corrected chi connectivity index (χ1v) is 14.1. The number of aliphatic hydroxyl groups is 1. The third kappa shape index (κ3) is 7.85. The molecule has 0 spiro atoms. The summed E-state index contributed by atoms with van der Waals surface area (Å²) in [4.78, 5) is 46.2. The monoisotopic (exact) mass is 543 g/mol. The summed E-state index contributed by atoms with van der Waals surface area (Å²) in [6, 6.07) is 6.31. The summed E-state index contributed by atoms with van der Waals surface area (Å²) in [7, 11) is 0. The number of carbonyl (C=O) groups excluding carboxylic acids is 3. The number of hydrogen-bond donors (Lipinski definition) is 4. The number of carbonyl (C=O) groups is 3. The molecule has 0 bridgehead atoms. The molecule has 38 heavy (non-hydrogen) atoms. The van der Waals surface area contributed by atoms with E-state index in [0.29, 0.717) is 25.9 Å². The maximum absolute atomic E-state index is 13.6. The molecule has 208 valence electrons. The van der Waals surface area contributed by atoms with Crippen LogP contribution in [0.2, 0.25) is 0 Å². The van der Waals surface area contributed by atoms with E-state index in [2.05, 4.69) is 15.6 Å². The first-order chi connectivity index (χ1) is 18.0. The average molecular weight is 544 g/mol. The van der Waals surface area contributed by atoms with Crippen LogP contribution in [0, 0.1) is 12.3 Å². The molecular formula is C28H41N5O4S. The highest BCUT2D eigenvalue weighted by Crippen LogP contribution is 2.28. The predicted octanol–water partition coefficient (Wildman–Crippen LogP) is 2.75. The number of benzene rings is 1. The molecule has 10 heteroatoms. The molecule has 0 aliphatic carbocycles. The third-order valence-corrected chi connectivity index (χ3v) is 7.80. The largest absolute Gasteiger partial charge is 0.391 e. The van der Waals surface area contributed by atoms with Gasteiger partial charge in [0.1, 0.15) is 12.1 Å². The van der Waals surface area contributed by atoms with Crippen molar-refractivity contribution in [2.75, 3.05) is 13.1 Å². The second kappa shape index (κ2) is 13.3. The molecule has 2 heterocycles. The molecule has 9 nitrogen and oxygen atoms in total. The minimum atomic E-state index is -0.812. The van der Waals surface area contributed by atoms with E-state index in [0.717, 1.165) is 34.5 Å². The fourth-order valence-corrected chi connectivity index (χ4v) is 5.43. The van der Waals surface area contributed by atoms with Crippen molar-refractivity contribution in [1.29, 1.82) is 0 Å². The molecule has 1 saturated heterocycles. The van der Waals surface area contributed by atoms with Crippen LogP contribution in [0.3, 0.4) is 0 Å². The molecule has 3 rings (SSSR count). The Hall–Kier alpha value is -2.82. The lowest BCUT2D eigenvalue weighted by molar-refractivity contribution is -0.144. The minimum Gasteiger partial charge on any atom is -0.391 e. The number of hydrogen-bond acceptors (Lipinski definition) is 7. The molecule has 3 atom stereocenters. The van der Waals surface area contributed by atoms with Gasteiger partial charge in [0.15, 0.2) is 0 Å². The summed E-state index contributed by atoms with van der Waals surface area (Å²) < 4.78 is 0. The average Bonchev–Trinajstić information content (AvgIpc) is 3.48. The van der Waals surface area contributed by atoms with Crippen molar-refractivity contribution in [2.24, 2.45) is 11.1 Å². The van der Waals surface area contributed by atoms with E-state index in [4.69, 9.17) is 5.73 Å². The van der Waals surface area contributed by atoms with E-state index in [1.807, 2.05) is 57.5 Å². The van der Waals surface area contributed by atoms with Crippen LogP contribution in [-0.2, 0) is 20.9 Å². The minimum absolute atomic E-state index is 0.0543. The predicted molar refractivity (Wildman–Crippen MR) is 149 cm³/mol. The lowest BCUT2D eigenvalue weighted by Crippen LogP contribution is -2.57. The molecule has 5 N–H and O–H groups in total.